The monoisotopic (exact) mass is 334 g/mol. The van der Waals surface area contributed by atoms with Crippen molar-refractivity contribution in [2.45, 2.75) is 20.8 Å². The fraction of sp³-hybridized carbons (Fsp3) is 0.333. The Hall–Kier alpha value is -1.30. The topological polar surface area (TPSA) is 141 Å². The smallest absolute Gasteiger partial charge is 0.402 e. The predicted octanol–water partition coefficient (Wildman–Crippen LogP) is -3.12. The van der Waals surface area contributed by atoms with Gasteiger partial charge in [0.15, 0.2) is 5.69 Å². The molecule has 0 aromatic heterocycles. The van der Waals surface area contributed by atoms with Crippen molar-refractivity contribution in [2.75, 3.05) is 4.90 Å². The zero-order chi connectivity index (χ0) is 17.4. The predicted molar refractivity (Wildman–Crippen MR) is 77.3 cm³/mol. The van der Waals surface area contributed by atoms with Gasteiger partial charge in [-0.25, -0.2) is 0 Å². The van der Waals surface area contributed by atoms with Crippen LogP contribution in [-0.2, 0) is 9.59 Å². The Morgan fingerprint density at radius 3 is 2.13 bits per heavy atom. The largest absolute Gasteiger partial charge is 1.00 e. The molecule has 0 aliphatic carbocycles. The van der Waals surface area contributed by atoms with Crippen LogP contribution in [-0.4, -0.2) is 39.1 Å². The molecule has 0 fully saturated rings. The van der Waals surface area contributed by atoms with Gasteiger partial charge in [0, 0.05) is 17.8 Å². The minimum absolute atomic E-state index is 0. The van der Waals surface area contributed by atoms with E-state index in [0.717, 1.165) is 4.90 Å². The first kappa shape index (κ1) is 24.0. The molecule has 0 spiro atoms. The van der Waals surface area contributed by atoms with Crippen LogP contribution in [0.4, 0.5) is 11.4 Å². The second kappa shape index (κ2) is 11.3. The normalized spacial score (nSPS) is 9.17. The maximum Gasteiger partial charge on any atom is 1.00 e. The molecule has 9 nitrogen and oxygen atoms in total. The van der Waals surface area contributed by atoms with Crippen LogP contribution < -0.4 is 34.5 Å². The fourth-order valence-electron chi connectivity index (χ4n) is 1.40. The summed E-state index contributed by atoms with van der Waals surface area (Å²) in [6.45, 7) is 4.54. The number of amides is 2. The van der Waals surface area contributed by atoms with Gasteiger partial charge in [0.25, 0.3) is 0 Å². The van der Waals surface area contributed by atoms with Crippen LogP contribution in [0.25, 0.3) is 0 Å². The molecule has 0 saturated heterocycles. The number of hydrogen-bond donors (Lipinski definition) is 3. The van der Waals surface area contributed by atoms with E-state index in [0.29, 0.717) is 0 Å². The van der Waals surface area contributed by atoms with E-state index in [-0.39, 0.29) is 46.8 Å². The number of carbonyl (C=O) groups excluding carboxylic acids is 2. The third-order valence-corrected chi connectivity index (χ3v) is 2.26. The van der Waals surface area contributed by atoms with Crippen LogP contribution in [0.1, 0.15) is 20.8 Å². The molecule has 2 amide bonds. The van der Waals surface area contributed by atoms with Crippen molar-refractivity contribution in [2.24, 2.45) is 5.92 Å². The van der Waals surface area contributed by atoms with Crippen molar-refractivity contribution >= 4 is 30.5 Å². The number of nitrogens with zero attached hydrogens (tertiary/aromatic N) is 2. The molecule has 0 aliphatic rings. The van der Waals surface area contributed by atoms with Gasteiger partial charge in [-0.15, -0.1) is 6.07 Å². The SMILES string of the molecule is CC(=O)N(C(=O)C(C)C)c1c[c-]cc([N+](=O)[O-])c1.OB(O)O.[Na+]. The van der Waals surface area contributed by atoms with Gasteiger partial charge < -0.3 is 20.0 Å². The van der Waals surface area contributed by atoms with Gasteiger partial charge >= 0.3 is 36.9 Å². The van der Waals surface area contributed by atoms with Crippen molar-refractivity contribution in [3.63, 3.8) is 0 Å². The number of hydrogen-bond acceptors (Lipinski definition) is 7. The van der Waals surface area contributed by atoms with Crippen LogP contribution in [0, 0.1) is 22.1 Å². The Labute approximate surface area is 155 Å². The Balaban J connectivity index is 0. The van der Waals surface area contributed by atoms with Crippen LogP contribution in [0.2, 0.25) is 0 Å². The summed E-state index contributed by atoms with van der Waals surface area (Å²) in [5, 5.41) is 32.1. The summed E-state index contributed by atoms with van der Waals surface area (Å²) in [4.78, 5) is 34.4. The Morgan fingerprint density at radius 2 is 1.78 bits per heavy atom. The second-order valence-corrected chi connectivity index (χ2v) is 4.40. The minimum atomic E-state index is -2.17. The third-order valence-electron chi connectivity index (χ3n) is 2.26. The fourth-order valence-corrected chi connectivity index (χ4v) is 1.40. The molecule has 0 bridgehead atoms. The summed E-state index contributed by atoms with van der Waals surface area (Å²) in [6, 6.07) is 6.28. The van der Waals surface area contributed by atoms with Crippen molar-refractivity contribution in [3.8, 4) is 0 Å². The van der Waals surface area contributed by atoms with E-state index in [1.165, 1.54) is 25.1 Å². The standard InChI is InChI=1S/C12H13N2O4.BH3O3.Na/c1-8(2)12(16)13(9(3)15)10-5-4-6-11(7-10)14(17)18;2-1(3)4;/h5-8H,1-3H3;2-4H;/q-1;;+1. The molecule has 0 heterocycles. The molecule has 11 heteroatoms. The Kier molecular flexibility index (Phi) is 11.7. The average molecular weight is 334 g/mol. The molecule has 1 aromatic rings. The van der Waals surface area contributed by atoms with Crippen LogP contribution in [0.3, 0.4) is 0 Å². The van der Waals surface area contributed by atoms with E-state index in [9.17, 15) is 19.7 Å². The molecule has 23 heavy (non-hydrogen) atoms. The van der Waals surface area contributed by atoms with E-state index in [2.05, 4.69) is 6.07 Å². The number of benzene rings is 1. The minimum Gasteiger partial charge on any atom is -0.402 e. The molecule has 1 rings (SSSR count). The van der Waals surface area contributed by atoms with Crippen molar-refractivity contribution in [1.82, 2.24) is 0 Å². The number of nitro benzene ring substituents is 1. The summed E-state index contributed by atoms with van der Waals surface area (Å²) in [5.74, 6) is -1.27. The molecule has 0 aliphatic heterocycles. The molecule has 0 radical (unpaired) electrons. The first-order valence-corrected chi connectivity index (χ1v) is 6.12. The van der Waals surface area contributed by atoms with Crippen LogP contribution in [0.5, 0.6) is 0 Å². The summed E-state index contributed by atoms with van der Waals surface area (Å²) < 4.78 is 0. The quantitative estimate of drug-likeness (QED) is 0.230. The second-order valence-electron chi connectivity index (χ2n) is 4.40. The van der Waals surface area contributed by atoms with E-state index in [4.69, 9.17) is 15.1 Å². The maximum absolute atomic E-state index is 11.9. The van der Waals surface area contributed by atoms with Gasteiger partial charge in [-0.3, -0.25) is 19.7 Å². The average Bonchev–Trinajstić information content (AvgIpc) is 2.37. The molecule has 3 N–H and O–H groups in total. The van der Waals surface area contributed by atoms with Gasteiger partial charge in [-0.05, 0) is 0 Å². The number of anilines is 1. The Bertz CT molecular complexity index is 551. The maximum atomic E-state index is 11.9. The van der Waals surface area contributed by atoms with Crippen molar-refractivity contribution in [1.29, 1.82) is 0 Å². The van der Waals surface area contributed by atoms with Gasteiger partial charge in [0.2, 0.25) is 11.8 Å². The van der Waals surface area contributed by atoms with Gasteiger partial charge in [0.1, 0.15) is 0 Å². The summed E-state index contributed by atoms with van der Waals surface area (Å²) in [7, 11) is -2.17. The summed E-state index contributed by atoms with van der Waals surface area (Å²) in [5.41, 5.74) is -0.0503. The van der Waals surface area contributed by atoms with Gasteiger partial charge in [-0.1, -0.05) is 25.6 Å². The van der Waals surface area contributed by atoms with Crippen molar-refractivity contribution < 1.29 is 59.1 Å². The third kappa shape index (κ3) is 8.79. The number of carbonyl (C=O) groups is 2. The molecular formula is C12H16BN2NaO7. The van der Waals surface area contributed by atoms with Crippen LogP contribution in [0.15, 0.2) is 18.2 Å². The molecular weight excluding hydrogens is 318 g/mol. The number of nitro groups is 1. The van der Waals surface area contributed by atoms with Gasteiger partial charge in [0.05, 0.1) is 0 Å². The van der Waals surface area contributed by atoms with Crippen LogP contribution >= 0.6 is 0 Å². The molecule has 120 valence electrons. The van der Waals surface area contributed by atoms with E-state index in [1.54, 1.807) is 13.8 Å². The first-order valence-electron chi connectivity index (χ1n) is 6.12. The van der Waals surface area contributed by atoms with E-state index < -0.39 is 24.1 Å². The number of rotatable bonds is 3. The molecule has 0 unspecified atom stereocenters. The summed E-state index contributed by atoms with van der Waals surface area (Å²) in [6.07, 6.45) is 0. The van der Waals surface area contributed by atoms with E-state index >= 15 is 0 Å². The molecule has 1 aromatic carbocycles. The first-order chi connectivity index (χ1) is 10.1. The van der Waals surface area contributed by atoms with Crippen molar-refractivity contribution in [3.05, 3.63) is 34.4 Å². The number of non-ortho nitro benzene ring substituents is 1. The zero-order valence-corrected chi connectivity index (χ0v) is 15.3. The zero-order valence-electron chi connectivity index (χ0n) is 13.3. The van der Waals surface area contributed by atoms with E-state index in [1.807, 2.05) is 0 Å². The van der Waals surface area contributed by atoms with Gasteiger partial charge in [-0.2, -0.15) is 12.1 Å². The molecule has 0 atom stereocenters. The summed E-state index contributed by atoms with van der Waals surface area (Å²) >= 11 is 0. The number of imide groups is 1. The Morgan fingerprint density at radius 1 is 1.30 bits per heavy atom. The molecule has 0 saturated carbocycles.